The van der Waals surface area contributed by atoms with Crippen LogP contribution in [-0.2, 0) is 0 Å². The third kappa shape index (κ3) is 6.08. The summed E-state index contributed by atoms with van der Waals surface area (Å²) < 4.78 is 2.67. The number of rotatable bonds is 7. The summed E-state index contributed by atoms with van der Waals surface area (Å²) in [5, 5.41) is 2.65. The number of fused-ring (bicyclic) bond motifs is 3. The van der Waals surface area contributed by atoms with Gasteiger partial charge in [-0.15, -0.1) is 11.3 Å². The Labute approximate surface area is 309 Å². The van der Waals surface area contributed by atoms with E-state index < -0.39 is 0 Å². The summed E-state index contributed by atoms with van der Waals surface area (Å²) in [4.78, 5) is 2.35. The van der Waals surface area contributed by atoms with E-state index in [9.17, 15) is 0 Å². The molecule has 9 aromatic rings. The van der Waals surface area contributed by atoms with Crippen molar-refractivity contribution >= 4 is 48.6 Å². The van der Waals surface area contributed by atoms with Crippen LogP contribution in [0.15, 0.2) is 188 Å². The van der Waals surface area contributed by atoms with Crippen LogP contribution in [0.5, 0.6) is 0 Å². The fraction of sp³-hybridized carbons (Fsp3) is 0.0400. The summed E-state index contributed by atoms with van der Waals surface area (Å²) in [6, 6.07) is 68.6. The molecule has 0 fully saturated rings. The van der Waals surface area contributed by atoms with Gasteiger partial charge in [-0.2, -0.15) is 0 Å². The van der Waals surface area contributed by atoms with Gasteiger partial charge in [-0.25, -0.2) is 0 Å². The van der Waals surface area contributed by atoms with Crippen molar-refractivity contribution in [2.75, 3.05) is 4.90 Å². The van der Waals surface area contributed by atoms with Crippen LogP contribution in [0.25, 0.3) is 64.7 Å². The molecule has 0 radical (unpaired) electrons. The highest BCUT2D eigenvalue weighted by atomic mass is 32.1. The first kappa shape index (κ1) is 31.7. The Hall–Kier alpha value is -6.22. The third-order valence-corrected chi connectivity index (χ3v) is 11.2. The maximum atomic E-state index is 2.35. The average molecular weight is 684 g/mol. The van der Waals surface area contributed by atoms with E-state index in [1.807, 2.05) is 11.3 Å². The van der Waals surface area contributed by atoms with Crippen LogP contribution in [-0.4, -0.2) is 0 Å². The molecule has 0 aliphatic rings. The van der Waals surface area contributed by atoms with Crippen LogP contribution < -0.4 is 4.90 Å². The first-order valence-corrected chi connectivity index (χ1v) is 18.6. The van der Waals surface area contributed by atoms with E-state index in [2.05, 4.69) is 207 Å². The summed E-state index contributed by atoms with van der Waals surface area (Å²) in [5.74, 6) is 0. The normalized spacial score (nSPS) is 11.3. The molecule has 1 aromatic heterocycles. The molecule has 0 N–H and O–H groups in total. The summed E-state index contributed by atoms with van der Waals surface area (Å²) in [6.07, 6.45) is 0. The Bertz CT molecular complexity index is 2650. The average Bonchev–Trinajstić information content (AvgIpc) is 3.58. The van der Waals surface area contributed by atoms with Crippen LogP contribution in [0, 0.1) is 13.8 Å². The van der Waals surface area contributed by atoms with Crippen LogP contribution in [0.3, 0.4) is 0 Å². The smallest absolute Gasteiger partial charge is 0.0462 e. The lowest BCUT2D eigenvalue weighted by atomic mass is 9.97. The van der Waals surface area contributed by atoms with Gasteiger partial charge in [-0.1, -0.05) is 151 Å². The van der Waals surface area contributed by atoms with Gasteiger partial charge in [0.25, 0.3) is 0 Å². The largest absolute Gasteiger partial charge is 0.311 e. The van der Waals surface area contributed by atoms with Crippen molar-refractivity contribution in [2.24, 2.45) is 0 Å². The summed E-state index contributed by atoms with van der Waals surface area (Å²) in [7, 11) is 0. The highest BCUT2D eigenvalue weighted by Gasteiger charge is 2.15. The summed E-state index contributed by atoms with van der Waals surface area (Å²) in [6.45, 7) is 4.33. The molecule has 1 heterocycles. The van der Waals surface area contributed by atoms with E-state index in [-0.39, 0.29) is 0 Å². The van der Waals surface area contributed by atoms with Crippen LogP contribution in [0.4, 0.5) is 17.1 Å². The molecule has 2 heteroatoms. The third-order valence-electron chi connectivity index (χ3n) is 9.95. The highest BCUT2D eigenvalue weighted by molar-refractivity contribution is 7.26. The molecule has 52 heavy (non-hydrogen) atoms. The van der Waals surface area contributed by atoms with E-state index in [1.54, 1.807) is 0 Å². The molecule has 0 aliphatic heterocycles. The quantitative estimate of drug-likeness (QED) is 0.162. The standard InChI is InChI=1S/C50H37NS/c1-34-30-35(2)32-42(31-34)39-22-28-45(29-23-39)51(43-24-18-37(19-25-43)36-10-4-3-5-11-36)44-26-20-38(21-27-44)40-12-8-13-41(33-40)46-15-9-16-48-47-14-6-7-17-49(47)52-50(46)48/h3-33H,1-2H3. The number of aryl methyl sites for hydroxylation is 2. The van der Waals surface area contributed by atoms with Gasteiger partial charge in [0.1, 0.15) is 0 Å². The van der Waals surface area contributed by atoms with Crippen molar-refractivity contribution in [3.63, 3.8) is 0 Å². The van der Waals surface area contributed by atoms with Crippen molar-refractivity contribution in [3.8, 4) is 44.5 Å². The molecule has 8 aromatic carbocycles. The number of hydrogen-bond donors (Lipinski definition) is 0. The molecule has 0 atom stereocenters. The first-order chi connectivity index (χ1) is 25.6. The number of benzene rings is 8. The predicted octanol–water partition coefficient (Wildman–Crippen LogP) is 14.8. The Balaban J connectivity index is 1.08. The summed E-state index contributed by atoms with van der Waals surface area (Å²) >= 11 is 1.88. The maximum absolute atomic E-state index is 2.35. The zero-order valence-corrected chi connectivity index (χ0v) is 30.1. The fourth-order valence-corrected chi connectivity index (χ4v) is 8.71. The van der Waals surface area contributed by atoms with Crippen molar-refractivity contribution in [3.05, 3.63) is 199 Å². The Kier molecular flexibility index (Phi) is 8.23. The Morgan fingerprint density at radius 1 is 0.346 bits per heavy atom. The lowest BCUT2D eigenvalue weighted by molar-refractivity contribution is 1.28. The predicted molar refractivity (Wildman–Crippen MR) is 225 cm³/mol. The maximum Gasteiger partial charge on any atom is 0.0462 e. The van der Waals surface area contributed by atoms with Crippen molar-refractivity contribution < 1.29 is 0 Å². The van der Waals surface area contributed by atoms with Crippen molar-refractivity contribution in [1.29, 1.82) is 0 Å². The minimum Gasteiger partial charge on any atom is -0.311 e. The Morgan fingerprint density at radius 3 is 1.48 bits per heavy atom. The lowest BCUT2D eigenvalue weighted by Gasteiger charge is -2.26. The van der Waals surface area contributed by atoms with Crippen molar-refractivity contribution in [1.82, 2.24) is 0 Å². The molecular formula is C50H37NS. The molecule has 0 unspecified atom stereocenters. The lowest BCUT2D eigenvalue weighted by Crippen LogP contribution is -2.09. The van der Waals surface area contributed by atoms with E-state index in [0.717, 1.165) is 17.1 Å². The molecule has 0 bridgehead atoms. The minimum absolute atomic E-state index is 1.11. The molecular weight excluding hydrogens is 647 g/mol. The number of nitrogens with zero attached hydrogens (tertiary/aromatic N) is 1. The topological polar surface area (TPSA) is 3.24 Å². The van der Waals surface area contributed by atoms with Crippen LogP contribution >= 0.6 is 11.3 Å². The number of hydrogen-bond acceptors (Lipinski definition) is 2. The Morgan fingerprint density at radius 2 is 0.827 bits per heavy atom. The van der Waals surface area contributed by atoms with E-state index in [0.29, 0.717) is 0 Å². The van der Waals surface area contributed by atoms with Gasteiger partial charge in [0, 0.05) is 37.2 Å². The van der Waals surface area contributed by atoms with Gasteiger partial charge in [-0.3, -0.25) is 0 Å². The van der Waals surface area contributed by atoms with E-state index in [4.69, 9.17) is 0 Å². The second kappa shape index (κ2) is 13.5. The number of thiophene rings is 1. The second-order valence-electron chi connectivity index (χ2n) is 13.6. The first-order valence-electron chi connectivity index (χ1n) is 17.8. The van der Waals surface area contributed by atoms with Crippen LogP contribution in [0.2, 0.25) is 0 Å². The monoisotopic (exact) mass is 683 g/mol. The highest BCUT2D eigenvalue weighted by Crippen LogP contribution is 2.41. The number of anilines is 3. The van der Waals surface area contributed by atoms with E-state index in [1.165, 1.54) is 75.8 Å². The molecule has 1 nitrogen and oxygen atoms in total. The molecule has 0 spiro atoms. The molecule has 0 aliphatic carbocycles. The van der Waals surface area contributed by atoms with Crippen molar-refractivity contribution in [2.45, 2.75) is 13.8 Å². The molecule has 0 saturated heterocycles. The van der Waals surface area contributed by atoms with Gasteiger partial charge in [0.05, 0.1) is 0 Å². The molecule has 9 rings (SSSR count). The van der Waals surface area contributed by atoms with Crippen LogP contribution in [0.1, 0.15) is 11.1 Å². The molecule has 0 amide bonds. The second-order valence-corrected chi connectivity index (χ2v) is 14.6. The molecule has 248 valence electrons. The zero-order valence-electron chi connectivity index (χ0n) is 29.3. The SMILES string of the molecule is Cc1cc(C)cc(-c2ccc(N(c3ccc(-c4ccccc4)cc3)c3ccc(-c4cccc(-c5cccc6c5sc5ccccc56)c4)cc3)cc2)c1. The van der Waals surface area contributed by atoms with Gasteiger partial charge >= 0.3 is 0 Å². The van der Waals surface area contributed by atoms with Gasteiger partial charge in [0.2, 0.25) is 0 Å². The van der Waals surface area contributed by atoms with Gasteiger partial charge < -0.3 is 4.90 Å². The fourth-order valence-electron chi connectivity index (χ4n) is 7.47. The van der Waals surface area contributed by atoms with E-state index >= 15 is 0 Å². The zero-order chi connectivity index (χ0) is 35.0. The minimum atomic E-state index is 1.11. The van der Waals surface area contributed by atoms with Gasteiger partial charge in [-0.05, 0) is 107 Å². The summed E-state index contributed by atoms with van der Waals surface area (Å²) in [5.41, 5.74) is 15.7. The van der Waals surface area contributed by atoms with Gasteiger partial charge in [0.15, 0.2) is 0 Å². The molecule has 0 saturated carbocycles.